The van der Waals surface area contributed by atoms with Gasteiger partial charge in [0.15, 0.2) is 0 Å². The lowest BCUT2D eigenvalue weighted by Gasteiger charge is -2.17. The molecule has 1 aromatic heterocycles. The van der Waals surface area contributed by atoms with Crippen molar-refractivity contribution in [2.24, 2.45) is 0 Å². The molecule has 0 radical (unpaired) electrons. The van der Waals surface area contributed by atoms with Crippen LogP contribution in [0.3, 0.4) is 0 Å². The van der Waals surface area contributed by atoms with Crippen molar-refractivity contribution >= 4 is 15.9 Å². The molecule has 1 aromatic carbocycles. The lowest BCUT2D eigenvalue weighted by atomic mass is 9.94. The Morgan fingerprint density at radius 3 is 2.60 bits per heavy atom. The van der Waals surface area contributed by atoms with E-state index in [1.165, 1.54) is 11.3 Å². The summed E-state index contributed by atoms with van der Waals surface area (Å²) in [7, 11) is 2.01. The van der Waals surface area contributed by atoms with E-state index < -0.39 is 0 Å². The minimum atomic E-state index is 0.467. The number of benzene rings is 1. The van der Waals surface area contributed by atoms with E-state index in [1.54, 1.807) is 0 Å². The van der Waals surface area contributed by atoms with E-state index in [0.717, 1.165) is 29.7 Å². The number of aryl methyl sites for hydroxylation is 2. The maximum Gasteiger partial charge on any atom is 0.0596 e. The normalized spacial score (nSPS) is 12.6. The number of halogens is 1. The minimum Gasteiger partial charge on any atom is -0.319 e. The van der Waals surface area contributed by atoms with Crippen LogP contribution < -0.4 is 5.32 Å². The molecule has 0 spiro atoms. The van der Waals surface area contributed by atoms with Gasteiger partial charge in [-0.25, -0.2) is 0 Å². The third-order valence-corrected chi connectivity index (χ3v) is 4.06. The standard InChI is InChI=1S/C16H22BrN3/c1-4-20-16(9-12(2)19-20)10-14(11-18-3)13-5-7-15(17)8-6-13/h5-9,14,18H,4,10-11H2,1-3H3. The zero-order valence-electron chi connectivity index (χ0n) is 12.4. The van der Waals surface area contributed by atoms with Gasteiger partial charge in [-0.05, 0) is 51.1 Å². The van der Waals surface area contributed by atoms with Crippen LogP contribution in [-0.2, 0) is 13.0 Å². The molecule has 3 nitrogen and oxygen atoms in total. The maximum atomic E-state index is 4.54. The molecule has 1 N–H and O–H groups in total. The van der Waals surface area contributed by atoms with Gasteiger partial charge < -0.3 is 5.32 Å². The summed E-state index contributed by atoms with van der Waals surface area (Å²) in [6.45, 7) is 6.09. The molecule has 0 fully saturated rings. The van der Waals surface area contributed by atoms with Crippen LogP contribution >= 0.6 is 15.9 Å². The molecule has 1 atom stereocenters. The van der Waals surface area contributed by atoms with Gasteiger partial charge in [-0.2, -0.15) is 5.10 Å². The summed E-state index contributed by atoms with van der Waals surface area (Å²) >= 11 is 3.50. The van der Waals surface area contributed by atoms with Crippen LogP contribution in [0.4, 0.5) is 0 Å². The van der Waals surface area contributed by atoms with Gasteiger partial charge >= 0.3 is 0 Å². The number of hydrogen-bond donors (Lipinski definition) is 1. The van der Waals surface area contributed by atoms with Crippen molar-refractivity contribution in [1.29, 1.82) is 0 Å². The molecule has 0 aliphatic heterocycles. The summed E-state index contributed by atoms with van der Waals surface area (Å²) in [5, 5.41) is 7.84. The lowest BCUT2D eigenvalue weighted by Crippen LogP contribution is -2.20. The van der Waals surface area contributed by atoms with Gasteiger partial charge in [0.25, 0.3) is 0 Å². The fraction of sp³-hybridized carbons (Fsp3) is 0.438. The zero-order chi connectivity index (χ0) is 14.5. The number of likely N-dealkylation sites (N-methyl/N-ethyl adjacent to an activating group) is 1. The van der Waals surface area contributed by atoms with E-state index in [2.05, 4.69) is 75.2 Å². The highest BCUT2D eigenvalue weighted by Crippen LogP contribution is 2.23. The van der Waals surface area contributed by atoms with Crippen LogP contribution in [0, 0.1) is 6.92 Å². The van der Waals surface area contributed by atoms with Gasteiger partial charge in [0.1, 0.15) is 0 Å². The first kappa shape index (κ1) is 15.3. The monoisotopic (exact) mass is 335 g/mol. The largest absolute Gasteiger partial charge is 0.319 e. The molecule has 0 bridgehead atoms. The van der Waals surface area contributed by atoms with Crippen molar-refractivity contribution in [1.82, 2.24) is 15.1 Å². The molecule has 108 valence electrons. The molecule has 0 amide bonds. The molecule has 0 saturated carbocycles. The quantitative estimate of drug-likeness (QED) is 0.875. The molecule has 1 heterocycles. The highest BCUT2D eigenvalue weighted by atomic mass is 79.9. The van der Waals surface area contributed by atoms with Gasteiger partial charge in [-0.3, -0.25) is 4.68 Å². The molecular weight excluding hydrogens is 314 g/mol. The van der Waals surface area contributed by atoms with Gasteiger partial charge in [-0.1, -0.05) is 28.1 Å². The van der Waals surface area contributed by atoms with Crippen molar-refractivity contribution in [3.05, 3.63) is 51.8 Å². The topological polar surface area (TPSA) is 29.9 Å². The predicted molar refractivity (Wildman–Crippen MR) is 87.2 cm³/mol. The van der Waals surface area contributed by atoms with Crippen molar-refractivity contribution in [2.45, 2.75) is 32.7 Å². The van der Waals surface area contributed by atoms with Crippen molar-refractivity contribution in [3.8, 4) is 0 Å². The predicted octanol–water partition coefficient (Wildman–Crippen LogP) is 3.52. The van der Waals surface area contributed by atoms with Crippen molar-refractivity contribution < 1.29 is 0 Å². The summed E-state index contributed by atoms with van der Waals surface area (Å²) in [4.78, 5) is 0. The average Bonchev–Trinajstić information content (AvgIpc) is 2.79. The Kier molecular flexibility index (Phi) is 5.38. The third kappa shape index (κ3) is 3.70. The van der Waals surface area contributed by atoms with Gasteiger partial charge in [-0.15, -0.1) is 0 Å². The number of nitrogens with one attached hydrogen (secondary N) is 1. The van der Waals surface area contributed by atoms with Gasteiger partial charge in [0.05, 0.1) is 5.69 Å². The van der Waals surface area contributed by atoms with E-state index in [1.807, 2.05) is 7.05 Å². The molecule has 2 aromatic rings. The van der Waals surface area contributed by atoms with Crippen LogP contribution in [0.1, 0.15) is 29.8 Å². The lowest BCUT2D eigenvalue weighted by molar-refractivity contribution is 0.563. The Bertz CT molecular complexity index is 545. The molecule has 0 aliphatic rings. The summed E-state index contributed by atoms with van der Waals surface area (Å²) in [6.07, 6.45) is 1.01. The zero-order valence-corrected chi connectivity index (χ0v) is 13.9. The van der Waals surface area contributed by atoms with E-state index in [0.29, 0.717) is 5.92 Å². The SMILES string of the molecule is CCn1nc(C)cc1CC(CNC)c1ccc(Br)cc1. The summed E-state index contributed by atoms with van der Waals surface area (Å²) in [5.41, 5.74) is 3.78. The van der Waals surface area contributed by atoms with E-state index in [9.17, 15) is 0 Å². The fourth-order valence-electron chi connectivity index (χ4n) is 2.58. The fourth-order valence-corrected chi connectivity index (χ4v) is 2.84. The molecule has 2 rings (SSSR count). The molecule has 0 aliphatic carbocycles. The second-order valence-corrected chi connectivity index (χ2v) is 6.02. The maximum absolute atomic E-state index is 4.54. The summed E-state index contributed by atoms with van der Waals surface area (Å²) < 4.78 is 3.23. The Hall–Kier alpha value is -1.13. The highest BCUT2D eigenvalue weighted by molar-refractivity contribution is 9.10. The van der Waals surface area contributed by atoms with Crippen LogP contribution in [0.2, 0.25) is 0 Å². The summed E-state index contributed by atoms with van der Waals surface area (Å²) in [5.74, 6) is 0.467. The smallest absolute Gasteiger partial charge is 0.0596 e. The van der Waals surface area contributed by atoms with Crippen LogP contribution in [0.5, 0.6) is 0 Å². The van der Waals surface area contributed by atoms with Gasteiger partial charge in [0.2, 0.25) is 0 Å². The number of hydrogen-bond acceptors (Lipinski definition) is 2. The summed E-state index contributed by atoms with van der Waals surface area (Å²) in [6, 6.07) is 10.8. The van der Waals surface area contributed by atoms with Crippen LogP contribution in [0.25, 0.3) is 0 Å². The molecule has 20 heavy (non-hydrogen) atoms. The number of aromatic nitrogens is 2. The first-order chi connectivity index (χ1) is 9.63. The number of nitrogens with zero attached hydrogens (tertiary/aromatic N) is 2. The van der Waals surface area contributed by atoms with Crippen molar-refractivity contribution in [2.75, 3.05) is 13.6 Å². The van der Waals surface area contributed by atoms with E-state index >= 15 is 0 Å². The Labute approximate surface area is 129 Å². The second-order valence-electron chi connectivity index (χ2n) is 5.10. The van der Waals surface area contributed by atoms with Crippen LogP contribution in [0.15, 0.2) is 34.8 Å². The second kappa shape index (κ2) is 7.04. The van der Waals surface area contributed by atoms with E-state index in [4.69, 9.17) is 0 Å². The molecule has 1 unspecified atom stereocenters. The average molecular weight is 336 g/mol. The number of rotatable bonds is 6. The molecule has 0 saturated heterocycles. The van der Waals surface area contributed by atoms with E-state index in [-0.39, 0.29) is 0 Å². The van der Waals surface area contributed by atoms with Crippen molar-refractivity contribution in [3.63, 3.8) is 0 Å². The Morgan fingerprint density at radius 2 is 2.00 bits per heavy atom. The first-order valence-corrected chi connectivity index (χ1v) is 7.86. The first-order valence-electron chi connectivity index (χ1n) is 7.07. The van der Waals surface area contributed by atoms with Crippen LogP contribution in [-0.4, -0.2) is 23.4 Å². The molecular formula is C16H22BrN3. The third-order valence-electron chi connectivity index (χ3n) is 3.53. The highest BCUT2D eigenvalue weighted by Gasteiger charge is 2.15. The minimum absolute atomic E-state index is 0.467. The van der Waals surface area contributed by atoms with Gasteiger partial charge in [0, 0.05) is 29.2 Å². The molecule has 4 heteroatoms. The Morgan fingerprint density at radius 1 is 1.30 bits per heavy atom. The Balaban J connectivity index is 2.22.